The molecule has 0 aliphatic carbocycles. The Morgan fingerprint density at radius 3 is 2.80 bits per heavy atom. The zero-order valence-electron chi connectivity index (χ0n) is 8.50. The van der Waals surface area contributed by atoms with E-state index in [1.807, 2.05) is 6.92 Å². The van der Waals surface area contributed by atoms with Gasteiger partial charge in [-0.25, -0.2) is 4.39 Å². The quantitative estimate of drug-likeness (QED) is 0.697. The maximum atomic E-state index is 13.1. The molecule has 0 aromatic heterocycles. The maximum Gasteiger partial charge on any atom is 0.144 e. The average molecular weight is 209 g/mol. The zero-order valence-corrected chi connectivity index (χ0v) is 8.50. The minimum absolute atomic E-state index is 0.0205. The molecule has 0 saturated heterocycles. The first kappa shape index (κ1) is 11.5. The van der Waals surface area contributed by atoms with E-state index in [4.69, 9.17) is 14.7 Å². The second-order valence-corrected chi connectivity index (χ2v) is 2.80. The van der Waals surface area contributed by atoms with Crippen LogP contribution in [0, 0.1) is 17.1 Å². The normalized spacial score (nSPS) is 9.67. The molecule has 0 fully saturated rings. The summed E-state index contributed by atoms with van der Waals surface area (Å²) in [7, 11) is 0. The van der Waals surface area contributed by atoms with E-state index in [2.05, 4.69) is 0 Å². The average Bonchev–Trinajstić information content (AvgIpc) is 2.25. The second-order valence-electron chi connectivity index (χ2n) is 2.80. The molecule has 0 N–H and O–H groups in total. The van der Waals surface area contributed by atoms with Crippen molar-refractivity contribution < 1.29 is 13.9 Å². The van der Waals surface area contributed by atoms with E-state index in [9.17, 15) is 4.39 Å². The molecule has 0 heterocycles. The van der Waals surface area contributed by atoms with Crippen LogP contribution in [-0.4, -0.2) is 19.8 Å². The van der Waals surface area contributed by atoms with Crippen molar-refractivity contribution in [2.45, 2.75) is 6.92 Å². The Labute approximate surface area is 88.0 Å². The van der Waals surface area contributed by atoms with E-state index < -0.39 is 5.82 Å². The summed E-state index contributed by atoms with van der Waals surface area (Å²) in [5, 5.41) is 8.50. The molecule has 0 amide bonds. The van der Waals surface area contributed by atoms with E-state index in [-0.39, 0.29) is 5.56 Å². The smallest absolute Gasteiger partial charge is 0.144 e. The molecule has 0 saturated carbocycles. The number of hydrogen-bond acceptors (Lipinski definition) is 3. The van der Waals surface area contributed by atoms with Gasteiger partial charge in [0.25, 0.3) is 0 Å². The molecule has 0 radical (unpaired) electrons. The zero-order chi connectivity index (χ0) is 11.1. The van der Waals surface area contributed by atoms with Gasteiger partial charge in [0.05, 0.1) is 12.2 Å². The topological polar surface area (TPSA) is 42.2 Å². The lowest BCUT2D eigenvalue weighted by Crippen LogP contribution is -2.06. The Balaban J connectivity index is 2.49. The number of nitrogens with zero attached hydrogens (tertiary/aromatic N) is 1. The number of ether oxygens (including phenoxy) is 2. The van der Waals surface area contributed by atoms with Crippen LogP contribution < -0.4 is 4.74 Å². The summed E-state index contributed by atoms with van der Waals surface area (Å²) >= 11 is 0. The van der Waals surface area contributed by atoms with Crippen LogP contribution >= 0.6 is 0 Å². The number of rotatable bonds is 5. The van der Waals surface area contributed by atoms with E-state index in [0.717, 1.165) is 0 Å². The van der Waals surface area contributed by atoms with Crippen molar-refractivity contribution in [3.63, 3.8) is 0 Å². The highest BCUT2D eigenvalue weighted by atomic mass is 19.1. The first-order chi connectivity index (χ1) is 7.27. The Morgan fingerprint density at radius 2 is 2.20 bits per heavy atom. The predicted molar refractivity (Wildman–Crippen MR) is 53.1 cm³/mol. The monoisotopic (exact) mass is 209 g/mol. The van der Waals surface area contributed by atoms with Crippen LogP contribution in [0.2, 0.25) is 0 Å². The molecule has 0 unspecified atom stereocenters. The lowest BCUT2D eigenvalue weighted by Gasteiger charge is -2.06. The third kappa shape index (κ3) is 3.56. The first-order valence-corrected chi connectivity index (χ1v) is 4.68. The van der Waals surface area contributed by atoms with Crippen molar-refractivity contribution in [2.24, 2.45) is 0 Å². The third-order valence-electron chi connectivity index (χ3n) is 1.76. The molecule has 0 aliphatic heterocycles. The fourth-order valence-electron chi connectivity index (χ4n) is 1.04. The fraction of sp³-hybridized carbons (Fsp3) is 0.364. The van der Waals surface area contributed by atoms with Gasteiger partial charge in [0, 0.05) is 12.7 Å². The molecule has 1 aromatic carbocycles. The van der Waals surface area contributed by atoms with Crippen LogP contribution in [0.1, 0.15) is 12.5 Å². The van der Waals surface area contributed by atoms with Gasteiger partial charge in [-0.3, -0.25) is 0 Å². The van der Waals surface area contributed by atoms with Crippen LogP contribution in [-0.2, 0) is 4.74 Å². The summed E-state index contributed by atoms with van der Waals surface area (Å²) in [6.07, 6.45) is 0. The fourth-order valence-corrected chi connectivity index (χ4v) is 1.04. The summed E-state index contributed by atoms with van der Waals surface area (Å²) in [6.45, 7) is 3.36. The lowest BCUT2D eigenvalue weighted by molar-refractivity contribution is 0.110. The van der Waals surface area contributed by atoms with Gasteiger partial charge in [0.2, 0.25) is 0 Å². The SMILES string of the molecule is CCOCCOc1ccc(C#N)c(F)c1. The van der Waals surface area contributed by atoms with Crippen molar-refractivity contribution in [3.8, 4) is 11.8 Å². The summed E-state index contributed by atoms with van der Waals surface area (Å²) in [4.78, 5) is 0. The molecule has 0 spiro atoms. The summed E-state index contributed by atoms with van der Waals surface area (Å²) in [5.74, 6) is -0.155. The molecule has 0 atom stereocenters. The summed E-state index contributed by atoms with van der Waals surface area (Å²) < 4.78 is 23.4. The number of halogens is 1. The number of nitriles is 1. The molecular weight excluding hydrogens is 197 g/mol. The van der Waals surface area contributed by atoms with Crippen LogP contribution in [0.25, 0.3) is 0 Å². The van der Waals surface area contributed by atoms with Crippen molar-refractivity contribution >= 4 is 0 Å². The Kier molecular flexibility index (Phi) is 4.58. The van der Waals surface area contributed by atoms with E-state index >= 15 is 0 Å². The molecule has 15 heavy (non-hydrogen) atoms. The Bertz CT molecular complexity index is 360. The van der Waals surface area contributed by atoms with E-state index in [0.29, 0.717) is 25.6 Å². The van der Waals surface area contributed by atoms with Crippen molar-refractivity contribution in [1.82, 2.24) is 0 Å². The second kappa shape index (κ2) is 5.99. The molecule has 0 bridgehead atoms. The highest BCUT2D eigenvalue weighted by Crippen LogP contribution is 2.15. The van der Waals surface area contributed by atoms with Gasteiger partial charge in [-0.05, 0) is 19.1 Å². The molecule has 0 aliphatic rings. The van der Waals surface area contributed by atoms with Crippen molar-refractivity contribution in [1.29, 1.82) is 5.26 Å². The highest BCUT2D eigenvalue weighted by Gasteiger charge is 2.02. The maximum absolute atomic E-state index is 13.1. The van der Waals surface area contributed by atoms with E-state index in [1.54, 1.807) is 12.1 Å². The minimum atomic E-state index is -0.564. The van der Waals surface area contributed by atoms with Gasteiger partial charge in [-0.2, -0.15) is 5.26 Å². The van der Waals surface area contributed by atoms with Gasteiger partial charge in [0.1, 0.15) is 24.2 Å². The summed E-state index contributed by atoms with van der Waals surface area (Å²) in [6, 6.07) is 5.90. The van der Waals surface area contributed by atoms with Gasteiger partial charge in [0.15, 0.2) is 0 Å². The Morgan fingerprint density at radius 1 is 1.40 bits per heavy atom. The molecule has 1 rings (SSSR count). The number of benzene rings is 1. The van der Waals surface area contributed by atoms with Crippen molar-refractivity contribution in [2.75, 3.05) is 19.8 Å². The summed E-state index contributed by atoms with van der Waals surface area (Å²) in [5.41, 5.74) is 0.0205. The highest BCUT2D eigenvalue weighted by molar-refractivity contribution is 5.36. The van der Waals surface area contributed by atoms with Crippen LogP contribution in [0.4, 0.5) is 4.39 Å². The Hall–Kier alpha value is -1.60. The number of hydrogen-bond donors (Lipinski definition) is 0. The molecule has 1 aromatic rings. The molecule has 80 valence electrons. The van der Waals surface area contributed by atoms with Gasteiger partial charge >= 0.3 is 0 Å². The van der Waals surface area contributed by atoms with E-state index in [1.165, 1.54) is 12.1 Å². The van der Waals surface area contributed by atoms with Gasteiger partial charge in [-0.1, -0.05) is 0 Å². The largest absolute Gasteiger partial charge is 0.491 e. The molecule has 3 nitrogen and oxygen atoms in total. The predicted octanol–water partition coefficient (Wildman–Crippen LogP) is 2.11. The molecule has 4 heteroatoms. The van der Waals surface area contributed by atoms with Crippen LogP contribution in [0.15, 0.2) is 18.2 Å². The molecular formula is C11H12FNO2. The minimum Gasteiger partial charge on any atom is -0.491 e. The lowest BCUT2D eigenvalue weighted by atomic mass is 10.2. The van der Waals surface area contributed by atoms with Crippen LogP contribution in [0.5, 0.6) is 5.75 Å². The van der Waals surface area contributed by atoms with Crippen molar-refractivity contribution in [3.05, 3.63) is 29.6 Å². The third-order valence-corrected chi connectivity index (χ3v) is 1.76. The first-order valence-electron chi connectivity index (χ1n) is 4.68. The van der Waals surface area contributed by atoms with Gasteiger partial charge < -0.3 is 9.47 Å². The standard InChI is InChI=1S/C11H12FNO2/c1-2-14-5-6-15-10-4-3-9(8-13)11(12)7-10/h3-4,7H,2,5-6H2,1H3. The van der Waals surface area contributed by atoms with Crippen LogP contribution in [0.3, 0.4) is 0 Å². The van der Waals surface area contributed by atoms with Gasteiger partial charge in [-0.15, -0.1) is 0 Å².